The van der Waals surface area contributed by atoms with E-state index in [1.165, 1.54) is 12.8 Å². The van der Waals surface area contributed by atoms with Crippen molar-refractivity contribution in [2.75, 3.05) is 0 Å². The molecule has 1 fully saturated rings. The van der Waals surface area contributed by atoms with Gasteiger partial charge in [-0.3, -0.25) is 4.79 Å². The number of hydrogen-bond acceptors (Lipinski definition) is 4. The van der Waals surface area contributed by atoms with Gasteiger partial charge in [-0.2, -0.15) is 0 Å². The first-order valence-electron chi connectivity index (χ1n) is 7.15. The summed E-state index contributed by atoms with van der Waals surface area (Å²) in [5.41, 5.74) is 0.381. The Bertz CT molecular complexity index is 682. The van der Waals surface area contributed by atoms with Crippen LogP contribution >= 0.6 is 23.2 Å². The normalized spacial score (nSPS) is 15.2. The fourth-order valence-electron chi connectivity index (χ4n) is 2.69. The maximum Gasteiger partial charge on any atom is 0.253 e. The van der Waals surface area contributed by atoms with E-state index in [4.69, 9.17) is 23.2 Å². The van der Waals surface area contributed by atoms with Gasteiger partial charge in [0.2, 0.25) is 0 Å². The predicted molar refractivity (Wildman–Crippen MR) is 83.0 cm³/mol. The van der Waals surface area contributed by atoms with Crippen LogP contribution in [0.4, 0.5) is 0 Å². The Kier molecular flexibility index (Phi) is 4.59. The maximum atomic E-state index is 12.2. The molecule has 1 aromatic heterocycles. The Morgan fingerprint density at radius 3 is 2.82 bits per heavy atom. The van der Waals surface area contributed by atoms with E-state index in [0.717, 1.165) is 12.8 Å². The molecule has 1 aliphatic rings. The van der Waals surface area contributed by atoms with E-state index < -0.39 is 0 Å². The van der Waals surface area contributed by atoms with Gasteiger partial charge in [0.25, 0.3) is 5.91 Å². The Hall–Kier alpha value is -1.66. The minimum atomic E-state index is -0.275. The highest BCUT2D eigenvalue weighted by Crippen LogP contribution is 2.29. The molecule has 8 heteroatoms. The lowest BCUT2D eigenvalue weighted by Crippen LogP contribution is -2.26. The molecule has 1 heterocycles. The number of hydrogen-bond donors (Lipinski definition) is 1. The van der Waals surface area contributed by atoms with E-state index in [1.54, 1.807) is 18.2 Å². The first kappa shape index (κ1) is 15.2. The molecule has 0 bridgehead atoms. The third-order valence-corrected chi connectivity index (χ3v) is 4.36. The van der Waals surface area contributed by atoms with Gasteiger partial charge >= 0.3 is 0 Å². The molecule has 1 saturated carbocycles. The summed E-state index contributed by atoms with van der Waals surface area (Å²) in [5, 5.41) is 15.4. The van der Waals surface area contributed by atoms with E-state index in [9.17, 15) is 4.79 Å². The fourth-order valence-corrected chi connectivity index (χ4v) is 3.18. The van der Waals surface area contributed by atoms with E-state index >= 15 is 0 Å². The van der Waals surface area contributed by atoms with Crippen LogP contribution in [0, 0.1) is 0 Å². The molecule has 2 aromatic rings. The molecule has 0 radical (unpaired) electrons. The molecular weight excluding hydrogens is 325 g/mol. The average Bonchev–Trinajstić information content (AvgIpc) is 3.15. The van der Waals surface area contributed by atoms with Crippen LogP contribution in [0.5, 0.6) is 0 Å². The number of tetrazole rings is 1. The second kappa shape index (κ2) is 6.62. The third kappa shape index (κ3) is 3.23. The lowest BCUT2D eigenvalue weighted by atomic mass is 10.2. The molecule has 1 aliphatic carbocycles. The Balaban J connectivity index is 1.67. The van der Waals surface area contributed by atoms with Crippen molar-refractivity contribution in [3.8, 4) is 0 Å². The zero-order valence-corrected chi connectivity index (χ0v) is 13.3. The largest absolute Gasteiger partial charge is 0.345 e. The van der Waals surface area contributed by atoms with Crippen molar-refractivity contribution in [1.82, 2.24) is 25.5 Å². The highest BCUT2D eigenvalue weighted by molar-refractivity contribution is 6.36. The van der Waals surface area contributed by atoms with Crippen molar-refractivity contribution in [2.24, 2.45) is 0 Å². The van der Waals surface area contributed by atoms with Crippen LogP contribution in [-0.2, 0) is 6.54 Å². The molecule has 0 atom stereocenters. The number of carbonyl (C=O) groups is 1. The molecule has 22 heavy (non-hydrogen) atoms. The summed E-state index contributed by atoms with van der Waals surface area (Å²) < 4.78 is 1.82. The first-order chi connectivity index (χ1) is 10.6. The van der Waals surface area contributed by atoms with Crippen LogP contribution in [0.25, 0.3) is 0 Å². The van der Waals surface area contributed by atoms with Gasteiger partial charge in [0, 0.05) is 5.02 Å². The number of halogens is 2. The van der Waals surface area contributed by atoms with Gasteiger partial charge in [-0.05, 0) is 41.5 Å². The van der Waals surface area contributed by atoms with Crippen molar-refractivity contribution >= 4 is 29.1 Å². The van der Waals surface area contributed by atoms with Crippen LogP contribution in [0.1, 0.15) is 47.9 Å². The number of benzene rings is 1. The predicted octanol–water partition coefficient (Wildman–Crippen LogP) is 3.03. The van der Waals surface area contributed by atoms with Crippen LogP contribution in [0.2, 0.25) is 10.0 Å². The lowest BCUT2D eigenvalue weighted by molar-refractivity contribution is 0.0949. The second-order valence-electron chi connectivity index (χ2n) is 5.28. The van der Waals surface area contributed by atoms with E-state index in [1.807, 2.05) is 4.68 Å². The van der Waals surface area contributed by atoms with Gasteiger partial charge < -0.3 is 5.32 Å². The molecule has 1 N–H and O–H groups in total. The van der Waals surface area contributed by atoms with Crippen molar-refractivity contribution in [3.05, 3.63) is 39.6 Å². The fraction of sp³-hybridized carbons (Fsp3) is 0.429. The molecule has 0 saturated heterocycles. The summed E-state index contributed by atoms with van der Waals surface area (Å²) in [7, 11) is 0. The molecule has 116 valence electrons. The SMILES string of the molecule is O=C(NCc1nnnn1C1CCCC1)c1ccc(Cl)cc1Cl. The van der Waals surface area contributed by atoms with Crippen molar-refractivity contribution in [3.63, 3.8) is 0 Å². The molecule has 1 aromatic carbocycles. The number of nitrogens with zero attached hydrogens (tertiary/aromatic N) is 4. The minimum absolute atomic E-state index is 0.265. The number of carbonyl (C=O) groups excluding carboxylic acids is 1. The zero-order chi connectivity index (χ0) is 15.5. The van der Waals surface area contributed by atoms with Gasteiger partial charge in [-0.25, -0.2) is 4.68 Å². The second-order valence-corrected chi connectivity index (χ2v) is 6.13. The Morgan fingerprint density at radius 2 is 2.09 bits per heavy atom. The topological polar surface area (TPSA) is 72.7 Å². The summed E-state index contributed by atoms with van der Waals surface area (Å²) in [4.78, 5) is 12.2. The quantitative estimate of drug-likeness (QED) is 0.929. The van der Waals surface area contributed by atoms with Gasteiger partial charge in [0.1, 0.15) is 0 Å². The Morgan fingerprint density at radius 1 is 1.32 bits per heavy atom. The molecule has 0 unspecified atom stereocenters. The summed E-state index contributed by atoms with van der Waals surface area (Å²) in [6, 6.07) is 5.10. The van der Waals surface area contributed by atoms with Gasteiger partial charge in [0.05, 0.1) is 23.2 Å². The third-order valence-electron chi connectivity index (χ3n) is 3.81. The average molecular weight is 340 g/mol. The van der Waals surface area contributed by atoms with E-state index in [-0.39, 0.29) is 12.5 Å². The van der Waals surface area contributed by atoms with Crippen molar-refractivity contribution in [2.45, 2.75) is 38.3 Å². The van der Waals surface area contributed by atoms with Crippen LogP contribution in [0.15, 0.2) is 18.2 Å². The molecule has 6 nitrogen and oxygen atoms in total. The molecule has 1 amide bonds. The summed E-state index contributed by atoms with van der Waals surface area (Å²) in [6.45, 7) is 0.265. The minimum Gasteiger partial charge on any atom is -0.345 e. The lowest BCUT2D eigenvalue weighted by Gasteiger charge is -2.12. The van der Waals surface area contributed by atoms with E-state index in [0.29, 0.717) is 27.5 Å². The zero-order valence-electron chi connectivity index (χ0n) is 11.8. The smallest absolute Gasteiger partial charge is 0.253 e. The highest BCUT2D eigenvalue weighted by atomic mass is 35.5. The molecule has 0 spiro atoms. The standard InChI is InChI=1S/C14H15Cl2N5O/c15-9-5-6-11(12(16)7-9)14(22)17-8-13-18-19-20-21(13)10-3-1-2-4-10/h5-7,10H,1-4,8H2,(H,17,22). The van der Waals surface area contributed by atoms with Gasteiger partial charge in [-0.1, -0.05) is 36.0 Å². The molecule has 0 aliphatic heterocycles. The number of aromatic nitrogens is 4. The maximum absolute atomic E-state index is 12.2. The molecular formula is C14H15Cl2N5O. The van der Waals surface area contributed by atoms with Gasteiger partial charge in [0.15, 0.2) is 5.82 Å². The van der Waals surface area contributed by atoms with Crippen LogP contribution in [-0.4, -0.2) is 26.1 Å². The summed E-state index contributed by atoms with van der Waals surface area (Å²) >= 11 is 11.9. The first-order valence-corrected chi connectivity index (χ1v) is 7.91. The number of nitrogens with one attached hydrogen (secondary N) is 1. The summed E-state index contributed by atoms with van der Waals surface area (Å²) in [5.74, 6) is 0.382. The van der Waals surface area contributed by atoms with Crippen molar-refractivity contribution < 1.29 is 4.79 Å². The summed E-state index contributed by atoms with van der Waals surface area (Å²) in [6.07, 6.45) is 4.54. The van der Waals surface area contributed by atoms with Gasteiger partial charge in [-0.15, -0.1) is 5.10 Å². The Labute approximate surface area is 137 Å². The highest BCUT2D eigenvalue weighted by Gasteiger charge is 2.21. The number of rotatable bonds is 4. The molecule has 3 rings (SSSR count). The monoisotopic (exact) mass is 339 g/mol. The van der Waals surface area contributed by atoms with Crippen LogP contribution < -0.4 is 5.32 Å². The van der Waals surface area contributed by atoms with Crippen LogP contribution in [0.3, 0.4) is 0 Å². The van der Waals surface area contributed by atoms with Crippen molar-refractivity contribution in [1.29, 1.82) is 0 Å². The number of amides is 1. The van der Waals surface area contributed by atoms with E-state index in [2.05, 4.69) is 20.8 Å².